The van der Waals surface area contributed by atoms with Gasteiger partial charge in [-0.05, 0) is 41.0 Å². The number of benzene rings is 3. The Balaban J connectivity index is 1.82. The lowest BCUT2D eigenvalue weighted by molar-refractivity contribution is 0.242. The molecule has 0 aliphatic carbocycles. The van der Waals surface area contributed by atoms with Gasteiger partial charge in [0.1, 0.15) is 23.9 Å². The van der Waals surface area contributed by atoms with Gasteiger partial charge >= 0.3 is 0 Å². The number of aliphatic hydroxyl groups excluding tert-OH is 1. The minimum atomic E-state index is -0.120. The van der Waals surface area contributed by atoms with Crippen molar-refractivity contribution in [1.82, 2.24) is 0 Å². The number of allylic oxidation sites excluding steroid dienone is 1. The Morgan fingerprint density at radius 2 is 1.48 bits per heavy atom. The molecule has 1 heterocycles. The molecule has 2 atom stereocenters. The maximum absolute atomic E-state index is 9.55. The van der Waals surface area contributed by atoms with Crippen LogP contribution in [-0.2, 0) is 6.61 Å². The zero-order valence-corrected chi connectivity index (χ0v) is 17.5. The number of furan rings is 1. The predicted molar refractivity (Wildman–Crippen MR) is 124 cm³/mol. The quantitative estimate of drug-likeness (QED) is 0.365. The lowest BCUT2D eigenvalue weighted by Crippen LogP contribution is -2.11. The fourth-order valence-electron chi connectivity index (χ4n) is 3.88. The molecule has 156 valence electrons. The van der Waals surface area contributed by atoms with Crippen molar-refractivity contribution in [3.8, 4) is 5.75 Å². The van der Waals surface area contributed by atoms with Crippen molar-refractivity contribution in [2.45, 2.75) is 18.4 Å². The van der Waals surface area contributed by atoms with Gasteiger partial charge in [-0.2, -0.15) is 0 Å². The number of hydrogen-bond donors (Lipinski definition) is 1. The summed E-state index contributed by atoms with van der Waals surface area (Å²) in [5.41, 5.74) is 3.45. The molecule has 3 nitrogen and oxygen atoms in total. The van der Waals surface area contributed by atoms with E-state index in [0.29, 0.717) is 5.76 Å². The van der Waals surface area contributed by atoms with Crippen LogP contribution in [0.3, 0.4) is 0 Å². The minimum Gasteiger partial charge on any atom is -0.497 e. The van der Waals surface area contributed by atoms with Crippen molar-refractivity contribution in [3.05, 3.63) is 131 Å². The van der Waals surface area contributed by atoms with Crippen molar-refractivity contribution in [1.29, 1.82) is 0 Å². The highest BCUT2D eigenvalue weighted by molar-refractivity contribution is 5.52. The summed E-state index contributed by atoms with van der Waals surface area (Å²) in [7, 11) is 1.67. The van der Waals surface area contributed by atoms with E-state index >= 15 is 0 Å². The Kier molecular flexibility index (Phi) is 6.65. The molecule has 1 aromatic heterocycles. The highest BCUT2D eigenvalue weighted by Crippen LogP contribution is 2.41. The van der Waals surface area contributed by atoms with E-state index in [1.807, 2.05) is 48.5 Å². The van der Waals surface area contributed by atoms with Crippen molar-refractivity contribution < 1.29 is 14.3 Å². The zero-order chi connectivity index (χ0) is 21.5. The molecular weight excluding hydrogens is 384 g/mol. The van der Waals surface area contributed by atoms with Crippen molar-refractivity contribution in [2.24, 2.45) is 0 Å². The molecule has 0 amide bonds. The summed E-state index contributed by atoms with van der Waals surface area (Å²) in [5.74, 6) is 2.17. The van der Waals surface area contributed by atoms with E-state index in [2.05, 4.69) is 60.7 Å². The van der Waals surface area contributed by atoms with Gasteiger partial charge in [-0.1, -0.05) is 84.9 Å². The fourth-order valence-corrected chi connectivity index (χ4v) is 3.88. The van der Waals surface area contributed by atoms with Crippen LogP contribution in [0.2, 0.25) is 0 Å². The summed E-state index contributed by atoms with van der Waals surface area (Å²) in [6, 6.07) is 32.6. The molecule has 4 aromatic rings. The molecule has 0 aliphatic rings. The van der Waals surface area contributed by atoms with Crippen LogP contribution < -0.4 is 4.74 Å². The second-order valence-corrected chi connectivity index (χ2v) is 7.42. The van der Waals surface area contributed by atoms with Crippen LogP contribution in [0.1, 0.15) is 40.0 Å². The second-order valence-electron chi connectivity index (χ2n) is 7.42. The summed E-state index contributed by atoms with van der Waals surface area (Å²) >= 11 is 0. The monoisotopic (exact) mass is 410 g/mol. The first-order valence-corrected chi connectivity index (χ1v) is 10.4. The minimum absolute atomic E-state index is 0.0347. The van der Waals surface area contributed by atoms with E-state index in [0.717, 1.165) is 22.6 Å². The van der Waals surface area contributed by atoms with Crippen LogP contribution in [0, 0.1) is 0 Å². The van der Waals surface area contributed by atoms with Crippen LogP contribution in [0.15, 0.2) is 108 Å². The summed E-state index contributed by atoms with van der Waals surface area (Å²) in [6.07, 6.45) is 4.39. The summed E-state index contributed by atoms with van der Waals surface area (Å²) in [6.45, 7) is -0.120. The molecule has 0 bridgehead atoms. The first kappa shape index (κ1) is 20.7. The molecule has 0 fully saturated rings. The number of rotatable bonds is 8. The smallest absolute Gasteiger partial charge is 0.129 e. The molecule has 1 N–H and O–H groups in total. The SMILES string of the molecule is COc1ccc([C@@H](c2ccc(CO)o2)[C@H](/C=C/c2ccccc2)c2ccccc2)cc1. The van der Waals surface area contributed by atoms with Crippen LogP contribution in [0.5, 0.6) is 5.75 Å². The Hall–Kier alpha value is -3.56. The summed E-state index contributed by atoms with van der Waals surface area (Å²) in [5, 5.41) is 9.55. The maximum atomic E-state index is 9.55. The van der Waals surface area contributed by atoms with Crippen molar-refractivity contribution >= 4 is 6.08 Å². The molecule has 3 heteroatoms. The topological polar surface area (TPSA) is 42.6 Å². The molecule has 0 radical (unpaired) electrons. The number of methoxy groups -OCH3 is 1. The zero-order valence-electron chi connectivity index (χ0n) is 17.5. The van der Waals surface area contributed by atoms with E-state index < -0.39 is 0 Å². The van der Waals surface area contributed by atoms with E-state index in [1.165, 1.54) is 5.56 Å². The normalized spacial score (nSPS) is 13.2. The number of hydrogen-bond acceptors (Lipinski definition) is 3. The fraction of sp³-hybridized carbons (Fsp3) is 0.143. The largest absolute Gasteiger partial charge is 0.497 e. The lowest BCUT2D eigenvalue weighted by atomic mass is 9.79. The third kappa shape index (κ3) is 4.96. The molecule has 0 saturated carbocycles. The van der Waals surface area contributed by atoms with Crippen LogP contribution in [-0.4, -0.2) is 12.2 Å². The molecule has 0 aliphatic heterocycles. The Morgan fingerprint density at radius 1 is 0.806 bits per heavy atom. The third-order valence-corrected chi connectivity index (χ3v) is 5.46. The highest BCUT2D eigenvalue weighted by atomic mass is 16.5. The van der Waals surface area contributed by atoms with Gasteiger partial charge in [-0.15, -0.1) is 0 Å². The van der Waals surface area contributed by atoms with Gasteiger partial charge in [0.05, 0.1) is 13.0 Å². The van der Waals surface area contributed by atoms with Gasteiger partial charge in [0.15, 0.2) is 0 Å². The van der Waals surface area contributed by atoms with Crippen molar-refractivity contribution in [3.63, 3.8) is 0 Å². The molecule has 0 saturated heterocycles. The van der Waals surface area contributed by atoms with Crippen LogP contribution >= 0.6 is 0 Å². The van der Waals surface area contributed by atoms with Crippen molar-refractivity contribution in [2.75, 3.05) is 7.11 Å². The van der Waals surface area contributed by atoms with Gasteiger partial charge in [0.2, 0.25) is 0 Å². The predicted octanol–water partition coefficient (Wildman–Crippen LogP) is 6.41. The van der Waals surface area contributed by atoms with Gasteiger partial charge in [-0.25, -0.2) is 0 Å². The first-order chi connectivity index (χ1) is 15.3. The van der Waals surface area contributed by atoms with Crippen LogP contribution in [0.25, 0.3) is 6.08 Å². The Morgan fingerprint density at radius 3 is 2.10 bits per heavy atom. The maximum Gasteiger partial charge on any atom is 0.129 e. The first-order valence-electron chi connectivity index (χ1n) is 10.4. The lowest BCUT2D eigenvalue weighted by Gasteiger charge is -2.25. The standard InChI is InChI=1S/C28H26O3/c1-30-24-15-13-23(14-16-24)28(27-19-17-25(20-29)31-27)26(22-10-6-3-7-11-22)18-12-21-8-4-2-5-9-21/h2-19,26,28-29H,20H2,1H3/b18-12+/t26-,28-/m1/s1. The van der Waals surface area contributed by atoms with E-state index in [9.17, 15) is 5.11 Å². The average Bonchev–Trinajstić information content (AvgIpc) is 3.32. The third-order valence-electron chi connectivity index (χ3n) is 5.46. The van der Waals surface area contributed by atoms with Gasteiger partial charge in [0, 0.05) is 5.92 Å². The van der Waals surface area contributed by atoms with Gasteiger partial charge in [0.25, 0.3) is 0 Å². The molecule has 0 spiro atoms. The number of aliphatic hydroxyl groups is 1. The molecular formula is C28H26O3. The molecule has 31 heavy (non-hydrogen) atoms. The van der Waals surface area contributed by atoms with E-state index in [4.69, 9.17) is 9.15 Å². The Labute approximate surface area is 183 Å². The number of ether oxygens (including phenoxy) is 1. The van der Waals surface area contributed by atoms with Crippen LogP contribution in [0.4, 0.5) is 0 Å². The van der Waals surface area contributed by atoms with Gasteiger partial charge in [-0.3, -0.25) is 0 Å². The summed E-state index contributed by atoms with van der Waals surface area (Å²) in [4.78, 5) is 0. The molecule has 0 unspecified atom stereocenters. The highest BCUT2D eigenvalue weighted by Gasteiger charge is 2.27. The van der Waals surface area contributed by atoms with E-state index in [1.54, 1.807) is 7.11 Å². The Bertz CT molecular complexity index is 1100. The average molecular weight is 411 g/mol. The molecule has 3 aromatic carbocycles. The van der Waals surface area contributed by atoms with Gasteiger partial charge < -0.3 is 14.3 Å². The second kappa shape index (κ2) is 9.96. The summed E-state index contributed by atoms with van der Waals surface area (Å²) < 4.78 is 11.4. The molecule has 4 rings (SSSR count). The van der Waals surface area contributed by atoms with E-state index in [-0.39, 0.29) is 18.4 Å².